The number of rotatable bonds is 4. The van der Waals surface area contributed by atoms with Crippen molar-refractivity contribution in [3.63, 3.8) is 0 Å². The van der Waals surface area contributed by atoms with Crippen LogP contribution in [-0.4, -0.2) is 71.4 Å². The zero-order chi connectivity index (χ0) is 22.2. The van der Waals surface area contributed by atoms with E-state index >= 15 is 0 Å². The fourth-order valence-corrected chi connectivity index (χ4v) is 4.64. The van der Waals surface area contributed by atoms with Gasteiger partial charge in [0.15, 0.2) is 17.3 Å². The summed E-state index contributed by atoms with van der Waals surface area (Å²) in [5, 5.41) is 0.963. The number of aryl methyl sites for hydroxylation is 1. The fraction of sp³-hybridized carbons (Fsp3) is 0.360. The number of amides is 1. The first-order valence-corrected chi connectivity index (χ1v) is 11.1. The molecule has 2 aliphatic rings. The highest BCUT2D eigenvalue weighted by atomic mass is 16.6. The lowest BCUT2D eigenvalue weighted by Gasteiger charge is -2.39. The summed E-state index contributed by atoms with van der Waals surface area (Å²) in [6.45, 7) is 6.52. The van der Waals surface area contributed by atoms with Gasteiger partial charge in [-0.3, -0.25) is 14.5 Å². The summed E-state index contributed by atoms with van der Waals surface area (Å²) in [6.07, 6.45) is -0.635. The lowest BCUT2D eigenvalue weighted by atomic mass is 10.0. The van der Waals surface area contributed by atoms with Crippen molar-refractivity contribution in [2.75, 3.05) is 32.8 Å². The normalized spacial score (nSPS) is 19.7. The molecular formula is C25H27N3O4. The van der Waals surface area contributed by atoms with Gasteiger partial charge in [0.2, 0.25) is 6.10 Å². The van der Waals surface area contributed by atoms with E-state index in [1.54, 1.807) is 0 Å². The van der Waals surface area contributed by atoms with Gasteiger partial charge < -0.3 is 19.4 Å². The Balaban J connectivity index is 1.22. The van der Waals surface area contributed by atoms with Crippen LogP contribution in [0.25, 0.3) is 10.9 Å². The minimum atomic E-state index is -0.635. The van der Waals surface area contributed by atoms with E-state index in [1.165, 1.54) is 0 Å². The maximum absolute atomic E-state index is 13.3. The number of nitrogens with zero attached hydrogens (tertiary/aromatic N) is 2. The Hall–Kier alpha value is -3.32. The molecule has 5 rings (SSSR count). The van der Waals surface area contributed by atoms with Crippen LogP contribution >= 0.6 is 0 Å². The van der Waals surface area contributed by atoms with Crippen LogP contribution in [0, 0.1) is 6.92 Å². The third-order valence-electron chi connectivity index (χ3n) is 6.48. The number of aromatic amines is 1. The number of hydrogen-bond acceptors (Lipinski definition) is 5. The number of para-hydroxylation sites is 3. The zero-order valence-corrected chi connectivity index (χ0v) is 18.3. The Bertz CT molecular complexity index is 1160. The van der Waals surface area contributed by atoms with E-state index in [2.05, 4.69) is 9.88 Å². The molecule has 0 spiro atoms. The third kappa shape index (κ3) is 3.62. The molecule has 0 bridgehead atoms. The Kier molecular flexibility index (Phi) is 5.35. The number of ether oxygens (including phenoxy) is 2. The second-order valence-electron chi connectivity index (χ2n) is 8.44. The van der Waals surface area contributed by atoms with Crippen molar-refractivity contribution in [2.24, 2.45) is 0 Å². The number of hydrogen-bond donors (Lipinski definition) is 1. The summed E-state index contributed by atoms with van der Waals surface area (Å²) in [4.78, 5) is 33.6. The molecule has 166 valence electrons. The third-order valence-corrected chi connectivity index (χ3v) is 6.48. The van der Waals surface area contributed by atoms with Gasteiger partial charge in [0.1, 0.15) is 6.61 Å². The average Bonchev–Trinajstić information content (AvgIpc) is 3.18. The van der Waals surface area contributed by atoms with Crippen molar-refractivity contribution in [1.29, 1.82) is 0 Å². The van der Waals surface area contributed by atoms with Crippen LogP contribution in [0.5, 0.6) is 11.5 Å². The molecule has 2 atom stereocenters. The number of H-pyrrole nitrogens is 1. The largest absolute Gasteiger partial charge is 0.485 e. The summed E-state index contributed by atoms with van der Waals surface area (Å²) in [6, 6.07) is 15.0. The van der Waals surface area contributed by atoms with Gasteiger partial charge >= 0.3 is 0 Å². The Morgan fingerprint density at radius 1 is 1.00 bits per heavy atom. The molecule has 7 heteroatoms. The first-order valence-electron chi connectivity index (χ1n) is 11.1. The number of Topliss-reactive ketones (excluding diaryl/α,β-unsaturated/α-hetero) is 1. The van der Waals surface area contributed by atoms with Crippen LogP contribution in [0.4, 0.5) is 0 Å². The molecule has 3 heterocycles. The van der Waals surface area contributed by atoms with Crippen LogP contribution in [0.1, 0.15) is 23.0 Å². The molecule has 2 aliphatic heterocycles. The van der Waals surface area contributed by atoms with Crippen LogP contribution < -0.4 is 9.47 Å². The second kappa shape index (κ2) is 8.31. The van der Waals surface area contributed by atoms with Crippen molar-refractivity contribution in [3.05, 3.63) is 59.8 Å². The lowest BCUT2D eigenvalue weighted by Crippen LogP contribution is -2.56. The molecule has 1 fully saturated rings. The van der Waals surface area contributed by atoms with Gasteiger partial charge in [-0.2, -0.15) is 0 Å². The van der Waals surface area contributed by atoms with Gasteiger partial charge in [0.05, 0.1) is 6.04 Å². The summed E-state index contributed by atoms with van der Waals surface area (Å²) >= 11 is 0. The van der Waals surface area contributed by atoms with Gasteiger partial charge in [-0.05, 0) is 32.0 Å². The topological polar surface area (TPSA) is 74.9 Å². The minimum absolute atomic E-state index is 0.0643. The van der Waals surface area contributed by atoms with Gasteiger partial charge in [-0.1, -0.05) is 30.3 Å². The molecule has 0 aliphatic carbocycles. The molecule has 1 aromatic heterocycles. The van der Waals surface area contributed by atoms with E-state index in [4.69, 9.17) is 9.47 Å². The van der Waals surface area contributed by atoms with Gasteiger partial charge in [-0.25, -0.2) is 0 Å². The van der Waals surface area contributed by atoms with Crippen LogP contribution in [-0.2, 0) is 4.79 Å². The van der Waals surface area contributed by atoms with Gasteiger partial charge in [0, 0.05) is 48.3 Å². The van der Waals surface area contributed by atoms with Crippen molar-refractivity contribution in [3.8, 4) is 11.5 Å². The van der Waals surface area contributed by atoms with Crippen molar-refractivity contribution in [2.45, 2.75) is 26.0 Å². The van der Waals surface area contributed by atoms with E-state index in [1.807, 2.05) is 67.3 Å². The minimum Gasteiger partial charge on any atom is -0.485 e. The van der Waals surface area contributed by atoms with Crippen LogP contribution in [0.15, 0.2) is 48.5 Å². The molecule has 0 radical (unpaired) electrons. The number of carbonyl (C=O) groups is 2. The number of benzene rings is 2. The summed E-state index contributed by atoms with van der Waals surface area (Å²) in [5.74, 6) is 1.32. The van der Waals surface area contributed by atoms with Crippen molar-refractivity contribution >= 4 is 22.6 Å². The molecule has 7 nitrogen and oxygen atoms in total. The molecule has 1 N–H and O–H groups in total. The zero-order valence-electron chi connectivity index (χ0n) is 18.3. The van der Waals surface area contributed by atoms with Crippen LogP contribution in [0.3, 0.4) is 0 Å². The van der Waals surface area contributed by atoms with E-state index in [0.717, 1.165) is 22.2 Å². The second-order valence-corrected chi connectivity index (χ2v) is 8.44. The number of aromatic nitrogens is 1. The molecule has 32 heavy (non-hydrogen) atoms. The molecule has 3 aromatic rings. The molecule has 0 saturated carbocycles. The number of piperazine rings is 1. The standard InChI is InChI=1S/C25H27N3O4/c1-16-23(18-7-3-4-8-19(18)26-16)24(29)17(2)27-11-13-28(14-12-27)25(30)22-15-31-20-9-5-6-10-21(20)32-22/h3-10,17,22,26H,11-15H2,1-2H3/t17-,22+/m1/s1. The van der Waals surface area contributed by atoms with E-state index < -0.39 is 6.10 Å². The van der Waals surface area contributed by atoms with E-state index in [9.17, 15) is 9.59 Å². The maximum Gasteiger partial charge on any atom is 0.267 e. The molecular weight excluding hydrogens is 406 g/mol. The van der Waals surface area contributed by atoms with Crippen LogP contribution in [0.2, 0.25) is 0 Å². The number of fused-ring (bicyclic) bond motifs is 2. The first-order chi connectivity index (χ1) is 15.5. The van der Waals surface area contributed by atoms with Crippen molar-refractivity contribution < 1.29 is 19.1 Å². The smallest absolute Gasteiger partial charge is 0.267 e. The summed E-state index contributed by atoms with van der Waals surface area (Å²) < 4.78 is 11.6. The number of ketones is 1. The van der Waals surface area contributed by atoms with E-state index in [-0.39, 0.29) is 24.3 Å². The van der Waals surface area contributed by atoms with Gasteiger partial charge in [-0.15, -0.1) is 0 Å². The fourth-order valence-electron chi connectivity index (χ4n) is 4.64. The highest BCUT2D eigenvalue weighted by molar-refractivity contribution is 6.11. The SMILES string of the molecule is Cc1[nH]c2ccccc2c1C(=O)[C@@H](C)N1CCN(C(=O)[C@@H]2COc3ccccc3O2)CC1. The molecule has 2 aromatic carbocycles. The quantitative estimate of drug-likeness (QED) is 0.640. The molecule has 0 unspecified atom stereocenters. The highest BCUT2D eigenvalue weighted by Gasteiger charge is 2.35. The van der Waals surface area contributed by atoms with E-state index in [0.29, 0.717) is 37.7 Å². The Morgan fingerprint density at radius 3 is 2.47 bits per heavy atom. The average molecular weight is 434 g/mol. The molecule has 1 saturated heterocycles. The summed E-state index contributed by atoms with van der Waals surface area (Å²) in [7, 11) is 0. The highest BCUT2D eigenvalue weighted by Crippen LogP contribution is 2.31. The Labute approximate surface area is 186 Å². The monoisotopic (exact) mass is 433 g/mol. The first kappa shape index (κ1) is 20.6. The van der Waals surface area contributed by atoms with Crippen molar-refractivity contribution in [1.82, 2.24) is 14.8 Å². The lowest BCUT2D eigenvalue weighted by molar-refractivity contribution is -0.143. The Morgan fingerprint density at radius 2 is 1.69 bits per heavy atom. The number of carbonyl (C=O) groups excluding carboxylic acids is 2. The molecule has 1 amide bonds. The summed E-state index contributed by atoms with van der Waals surface area (Å²) in [5.41, 5.74) is 2.64. The number of nitrogens with one attached hydrogen (secondary N) is 1. The van der Waals surface area contributed by atoms with Gasteiger partial charge in [0.25, 0.3) is 5.91 Å². The maximum atomic E-state index is 13.3. The predicted molar refractivity (Wildman–Crippen MR) is 121 cm³/mol. The predicted octanol–water partition coefficient (Wildman–Crippen LogP) is 3.03.